The summed E-state index contributed by atoms with van der Waals surface area (Å²) < 4.78 is 28.0. The topological polar surface area (TPSA) is 96.2 Å². The van der Waals surface area contributed by atoms with E-state index in [9.17, 15) is 9.59 Å². The molecule has 2 aromatic carbocycles. The summed E-state index contributed by atoms with van der Waals surface area (Å²) in [4.78, 5) is 25.4. The van der Waals surface area contributed by atoms with E-state index in [1.54, 1.807) is 24.3 Å². The van der Waals surface area contributed by atoms with Gasteiger partial charge in [-0.15, -0.1) is 0 Å². The van der Waals surface area contributed by atoms with Gasteiger partial charge in [0.05, 0.1) is 51.3 Å². The van der Waals surface area contributed by atoms with Gasteiger partial charge in [0, 0.05) is 12.5 Å². The van der Waals surface area contributed by atoms with Crippen molar-refractivity contribution in [3.05, 3.63) is 57.4 Å². The second-order valence-electron chi connectivity index (χ2n) is 8.00. The van der Waals surface area contributed by atoms with Crippen molar-refractivity contribution in [3.63, 3.8) is 0 Å². The van der Waals surface area contributed by atoms with Crippen LogP contribution >= 0.6 is 0 Å². The molecule has 0 radical (unpaired) electrons. The third kappa shape index (κ3) is 5.44. The minimum atomic E-state index is -0.226. The number of aryl methyl sites for hydroxylation is 1. The molecule has 1 aromatic heterocycles. The highest BCUT2D eigenvalue weighted by Gasteiger charge is 2.18. The van der Waals surface area contributed by atoms with E-state index in [-0.39, 0.29) is 30.4 Å². The lowest BCUT2D eigenvalue weighted by Crippen LogP contribution is -2.25. The Labute approximate surface area is 198 Å². The third-order valence-electron chi connectivity index (χ3n) is 5.27. The first kappa shape index (κ1) is 25.0. The largest absolute Gasteiger partial charge is 0.493 e. The zero-order valence-electron chi connectivity index (χ0n) is 20.4. The van der Waals surface area contributed by atoms with Crippen LogP contribution < -0.4 is 29.7 Å². The fourth-order valence-corrected chi connectivity index (χ4v) is 3.68. The molecule has 0 atom stereocenters. The van der Waals surface area contributed by atoms with E-state index in [1.165, 1.54) is 27.4 Å². The number of ether oxygens (including phenoxy) is 4. The molecule has 0 aliphatic rings. The number of fused-ring (bicyclic) bond motifs is 1. The smallest absolute Gasteiger partial charge is 0.224 e. The molecular weight excluding hydrogens is 438 g/mol. The monoisotopic (exact) mass is 469 g/mol. The Morgan fingerprint density at radius 1 is 1.00 bits per heavy atom. The first-order valence-corrected chi connectivity index (χ1v) is 11.1. The van der Waals surface area contributed by atoms with Crippen LogP contribution in [0.15, 0.2) is 39.5 Å². The highest BCUT2D eigenvalue weighted by atomic mass is 16.5. The molecule has 182 valence electrons. The van der Waals surface area contributed by atoms with Gasteiger partial charge in [-0.25, -0.2) is 0 Å². The van der Waals surface area contributed by atoms with Gasteiger partial charge < -0.3 is 28.7 Å². The number of benzene rings is 2. The highest BCUT2D eigenvalue weighted by molar-refractivity contribution is 5.84. The standard InChI is InChI=1S/C26H31NO7/c1-7-17-13-20(28)18-8-9-21(33-15(2)3)19(25(18)34-17)14-27-24(29)12-16-10-22(30-4)26(32-6)23(11-16)31-5/h8-11,13,15H,7,12,14H2,1-6H3,(H,27,29). The Bertz CT molecular complexity index is 1200. The lowest BCUT2D eigenvalue weighted by Gasteiger charge is -2.17. The quantitative estimate of drug-likeness (QED) is 0.479. The maximum atomic E-state index is 12.8. The second-order valence-corrected chi connectivity index (χ2v) is 8.00. The summed E-state index contributed by atoms with van der Waals surface area (Å²) in [5, 5.41) is 3.37. The molecule has 0 unspecified atom stereocenters. The van der Waals surface area contributed by atoms with Crippen molar-refractivity contribution in [1.82, 2.24) is 5.32 Å². The van der Waals surface area contributed by atoms with Crippen LogP contribution in [0.4, 0.5) is 0 Å². The Morgan fingerprint density at radius 2 is 1.68 bits per heavy atom. The minimum absolute atomic E-state index is 0.0893. The summed E-state index contributed by atoms with van der Waals surface area (Å²) in [6.45, 7) is 5.88. The molecular formula is C26H31NO7. The molecule has 0 saturated carbocycles. The Hall–Kier alpha value is -3.68. The van der Waals surface area contributed by atoms with Crippen molar-refractivity contribution in [2.24, 2.45) is 0 Å². The van der Waals surface area contributed by atoms with Gasteiger partial charge in [-0.2, -0.15) is 0 Å². The van der Waals surface area contributed by atoms with E-state index in [0.717, 1.165) is 0 Å². The molecule has 1 N–H and O–H groups in total. The first-order valence-electron chi connectivity index (χ1n) is 11.1. The van der Waals surface area contributed by atoms with E-state index in [2.05, 4.69) is 5.32 Å². The zero-order valence-corrected chi connectivity index (χ0v) is 20.4. The number of rotatable bonds is 10. The summed E-state index contributed by atoms with van der Waals surface area (Å²) in [6.07, 6.45) is 0.576. The maximum absolute atomic E-state index is 12.8. The number of methoxy groups -OCH3 is 3. The number of carbonyl (C=O) groups excluding carboxylic acids is 1. The van der Waals surface area contributed by atoms with Gasteiger partial charge in [0.15, 0.2) is 16.9 Å². The molecule has 8 heteroatoms. The molecule has 0 bridgehead atoms. The average Bonchev–Trinajstić information content (AvgIpc) is 2.81. The van der Waals surface area contributed by atoms with E-state index < -0.39 is 0 Å². The van der Waals surface area contributed by atoms with Crippen LogP contribution in [0.1, 0.15) is 37.7 Å². The Kier molecular flexibility index (Phi) is 8.04. The van der Waals surface area contributed by atoms with Crippen molar-refractivity contribution in [1.29, 1.82) is 0 Å². The summed E-state index contributed by atoms with van der Waals surface area (Å²) in [6, 6.07) is 8.40. The zero-order chi connectivity index (χ0) is 24.8. The Balaban J connectivity index is 1.90. The molecule has 8 nitrogen and oxygen atoms in total. The van der Waals surface area contributed by atoms with Gasteiger partial charge in [0.25, 0.3) is 0 Å². The van der Waals surface area contributed by atoms with Crippen molar-refractivity contribution in [2.75, 3.05) is 21.3 Å². The van der Waals surface area contributed by atoms with Gasteiger partial charge in [0.1, 0.15) is 17.1 Å². The molecule has 0 saturated heterocycles. The highest BCUT2D eigenvalue weighted by Crippen LogP contribution is 2.38. The molecule has 34 heavy (non-hydrogen) atoms. The number of hydrogen-bond acceptors (Lipinski definition) is 7. The molecule has 3 rings (SSSR count). The van der Waals surface area contributed by atoms with Gasteiger partial charge in [-0.05, 0) is 43.7 Å². The summed E-state index contributed by atoms with van der Waals surface area (Å²) in [5.41, 5.74) is 1.62. The summed E-state index contributed by atoms with van der Waals surface area (Å²) in [7, 11) is 4.57. The van der Waals surface area contributed by atoms with Crippen LogP contribution in [0.2, 0.25) is 0 Å². The fourth-order valence-electron chi connectivity index (χ4n) is 3.68. The average molecular weight is 470 g/mol. The second kappa shape index (κ2) is 11.0. The molecule has 0 aliphatic carbocycles. The van der Waals surface area contributed by atoms with Gasteiger partial charge in [0.2, 0.25) is 11.7 Å². The number of hydrogen-bond donors (Lipinski definition) is 1. The number of amides is 1. The van der Waals surface area contributed by atoms with E-state index in [1.807, 2.05) is 20.8 Å². The lowest BCUT2D eigenvalue weighted by atomic mass is 10.1. The minimum Gasteiger partial charge on any atom is -0.493 e. The van der Waals surface area contributed by atoms with Gasteiger partial charge in [-0.1, -0.05) is 6.92 Å². The number of nitrogens with one attached hydrogen (secondary N) is 1. The van der Waals surface area contributed by atoms with Crippen LogP contribution in [0.5, 0.6) is 23.0 Å². The van der Waals surface area contributed by atoms with Crippen LogP contribution in [-0.4, -0.2) is 33.3 Å². The third-order valence-corrected chi connectivity index (χ3v) is 5.27. The molecule has 1 heterocycles. The van der Waals surface area contributed by atoms with Gasteiger partial charge >= 0.3 is 0 Å². The van der Waals surface area contributed by atoms with Crippen molar-refractivity contribution in [2.45, 2.75) is 46.3 Å². The van der Waals surface area contributed by atoms with Crippen molar-refractivity contribution >= 4 is 16.9 Å². The van der Waals surface area contributed by atoms with Crippen LogP contribution in [-0.2, 0) is 24.2 Å². The molecule has 3 aromatic rings. The van der Waals surface area contributed by atoms with Crippen LogP contribution in [0, 0.1) is 0 Å². The van der Waals surface area contributed by atoms with E-state index in [0.29, 0.717) is 57.3 Å². The SMILES string of the molecule is CCc1cc(=O)c2ccc(OC(C)C)c(CNC(=O)Cc3cc(OC)c(OC)c(OC)c3)c2o1. The molecule has 0 spiro atoms. The normalized spacial score (nSPS) is 10.9. The van der Waals surface area contributed by atoms with Crippen molar-refractivity contribution < 1.29 is 28.2 Å². The molecule has 1 amide bonds. The van der Waals surface area contributed by atoms with E-state index in [4.69, 9.17) is 23.4 Å². The number of carbonyl (C=O) groups is 1. The van der Waals surface area contributed by atoms with E-state index >= 15 is 0 Å². The van der Waals surface area contributed by atoms with Gasteiger partial charge in [-0.3, -0.25) is 9.59 Å². The molecule has 0 aliphatic heterocycles. The lowest BCUT2D eigenvalue weighted by molar-refractivity contribution is -0.120. The van der Waals surface area contributed by atoms with Crippen molar-refractivity contribution in [3.8, 4) is 23.0 Å². The molecule has 0 fully saturated rings. The fraction of sp³-hybridized carbons (Fsp3) is 0.385. The van der Waals surface area contributed by atoms with Crippen LogP contribution in [0.25, 0.3) is 11.0 Å². The maximum Gasteiger partial charge on any atom is 0.224 e. The predicted molar refractivity (Wildman–Crippen MR) is 129 cm³/mol. The predicted octanol–water partition coefficient (Wildman–Crippen LogP) is 4.03. The summed E-state index contributed by atoms with van der Waals surface area (Å²) in [5.74, 6) is 2.31. The Morgan fingerprint density at radius 3 is 2.24 bits per heavy atom. The van der Waals surface area contributed by atoms with Crippen LogP contribution in [0.3, 0.4) is 0 Å². The first-order chi connectivity index (χ1) is 16.3. The summed E-state index contributed by atoms with van der Waals surface area (Å²) >= 11 is 0.